The molecule has 0 aromatic carbocycles. The van der Waals surface area contributed by atoms with Crippen LogP contribution in [0.3, 0.4) is 0 Å². The summed E-state index contributed by atoms with van der Waals surface area (Å²) in [6, 6.07) is -0.273. The number of ether oxygens (including phenoxy) is 3. The van der Waals surface area contributed by atoms with E-state index in [0.717, 1.165) is 0 Å². The molecule has 0 unspecified atom stereocenters. The lowest BCUT2D eigenvalue weighted by molar-refractivity contribution is -0.155. The van der Waals surface area contributed by atoms with Crippen molar-refractivity contribution in [2.75, 3.05) is 12.7 Å². The molecule has 0 saturated carbocycles. The van der Waals surface area contributed by atoms with E-state index in [1.54, 1.807) is 20.8 Å². The number of rotatable bonds is 4. The lowest BCUT2D eigenvalue weighted by Crippen LogP contribution is -2.24. The van der Waals surface area contributed by atoms with Gasteiger partial charge in [-0.15, -0.1) is 0 Å². The molecule has 0 saturated heterocycles. The molecule has 0 aliphatic carbocycles. The molecular formula is C9H15ClO5. The summed E-state index contributed by atoms with van der Waals surface area (Å²) in [6.07, 6.45) is -0.900. The van der Waals surface area contributed by atoms with E-state index >= 15 is 0 Å². The van der Waals surface area contributed by atoms with E-state index in [9.17, 15) is 9.59 Å². The van der Waals surface area contributed by atoms with Crippen molar-refractivity contribution in [1.29, 1.82) is 0 Å². The molecule has 0 rings (SSSR count). The molecule has 0 aromatic rings. The maximum atomic E-state index is 11.1. The Morgan fingerprint density at radius 1 is 1.20 bits per heavy atom. The highest BCUT2D eigenvalue weighted by Gasteiger charge is 2.16. The molecule has 0 atom stereocenters. The van der Waals surface area contributed by atoms with Gasteiger partial charge in [-0.3, -0.25) is 4.79 Å². The van der Waals surface area contributed by atoms with Gasteiger partial charge in [-0.25, -0.2) is 4.79 Å². The Bertz CT molecular complexity index is 221. The van der Waals surface area contributed by atoms with Crippen LogP contribution in [0.5, 0.6) is 0 Å². The summed E-state index contributed by atoms with van der Waals surface area (Å²) in [6.45, 7) is 5.19. The Labute approximate surface area is 93.6 Å². The van der Waals surface area contributed by atoms with Gasteiger partial charge < -0.3 is 14.2 Å². The molecule has 0 fully saturated rings. The van der Waals surface area contributed by atoms with Crippen molar-refractivity contribution >= 4 is 23.7 Å². The van der Waals surface area contributed by atoms with Crippen molar-refractivity contribution in [2.45, 2.75) is 32.8 Å². The zero-order valence-electron chi connectivity index (χ0n) is 9.04. The zero-order valence-corrected chi connectivity index (χ0v) is 9.80. The van der Waals surface area contributed by atoms with Crippen molar-refractivity contribution in [3.8, 4) is 0 Å². The summed E-state index contributed by atoms with van der Waals surface area (Å²) in [5.41, 5.74) is -0.534. The number of hydrogen-bond donors (Lipinski definition) is 0. The summed E-state index contributed by atoms with van der Waals surface area (Å²) in [5, 5.41) is 0. The lowest BCUT2D eigenvalue weighted by atomic mass is 10.2. The minimum atomic E-state index is -0.895. The van der Waals surface area contributed by atoms with E-state index in [2.05, 4.69) is 9.47 Å². The molecule has 15 heavy (non-hydrogen) atoms. The molecule has 0 aromatic heterocycles. The van der Waals surface area contributed by atoms with Gasteiger partial charge in [0.25, 0.3) is 0 Å². The topological polar surface area (TPSA) is 61.8 Å². The molecule has 0 heterocycles. The van der Waals surface area contributed by atoms with Crippen LogP contribution in [0.2, 0.25) is 0 Å². The number of alkyl halides is 1. The van der Waals surface area contributed by atoms with Gasteiger partial charge in [-0.2, -0.15) is 0 Å². The van der Waals surface area contributed by atoms with E-state index < -0.39 is 17.7 Å². The Hall–Kier alpha value is -0.970. The van der Waals surface area contributed by atoms with Crippen LogP contribution in [0.25, 0.3) is 0 Å². The fraction of sp³-hybridized carbons (Fsp3) is 0.778. The SMILES string of the molecule is CC(C)(C)OC(=O)CCOC(=O)OCCl. The molecule has 88 valence electrons. The maximum absolute atomic E-state index is 11.1. The molecule has 5 nitrogen and oxygen atoms in total. The predicted octanol–water partition coefficient (Wildman–Crippen LogP) is 2.07. The van der Waals surface area contributed by atoms with Gasteiger partial charge in [0.2, 0.25) is 0 Å². The highest BCUT2D eigenvalue weighted by Crippen LogP contribution is 2.08. The van der Waals surface area contributed by atoms with Crippen molar-refractivity contribution in [3.05, 3.63) is 0 Å². The average Bonchev–Trinajstić information content (AvgIpc) is 2.00. The van der Waals surface area contributed by atoms with Gasteiger partial charge in [-0.05, 0) is 20.8 Å². The maximum Gasteiger partial charge on any atom is 0.509 e. The molecule has 0 radical (unpaired) electrons. The Morgan fingerprint density at radius 2 is 1.80 bits per heavy atom. The zero-order chi connectivity index (χ0) is 11.9. The number of halogens is 1. The van der Waals surface area contributed by atoms with Gasteiger partial charge in [0.05, 0.1) is 6.42 Å². The fourth-order valence-corrected chi connectivity index (χ4v) is 0.786. The largest absolute Gasteiger partial charge is 0.509 e. The molecular weight excluding hydrogens is 224 g/mol. The van der Waals surface area contributed by atoms with Gasteiger partial charge >= 0.3 is 12.1 Å². The summed E-state index contributed by atoms with van der Waals surface area (Å²) in [7, 11) is 0. The third kappa shape index (κ3) is 9.34. The quantitative estimate of drug-likeness (QED) is 0.554. The Balaban J connectivity index is 3.60. The molecule has 0 spiro atoms. The summed E-state index contributed by atoms with van der Waals surface area (Å²) in [5.74, 6) is -0.429. The molecule has 0 N–H and O–H groups in total. The van der Waals surface area contributed by atoms with Crippen molar-refractivity contribution in [2.24, 2.45) is 0 Å². The first-order valence-electron chi connectivity index (χ1n) is 4.42. The van der Waals surface area contributed by atoms with E-state index in [1.807, 2.05) is 0 Å². The number of hydrogen-bond acceptors (Lipinski definition) is 5. The Morgan fingerprint density at radius 3 is 2.27 bits per heavy atom. The van der Waals surface area contributed by atoms with Crippen LogP contribution in [0, 0.1) is 0 Å². The van der Waals surface area contributed by atoms with E-state index in [1.165, 1.54) is 0 Å². The third-order valence-corrected chi connectivity index (χ3v) is 1.23. The number of esters is 1. The van der Waals surface area contributed by atoms with Crippen molar-refractivity contribution < 1.29 is 23.8 Å². The molecule has 0 aliphatic heterocycles. The second kappa shape index (κ2) is 6.50. The first-order valence-corrected chi connectivity index (χ1v) is 4.96. The first-order chi connectivity index (χ1) is 6.85. The van der Waals surface area contributed by atoms with E-state index in [4.69, 9.17) is 16.3 Å². The molecule has 0 aliphatic rings. The third-order valence-electron chi connectivity index (χ3n) is 1.12. The summed E-state index contributed by atoms with van der Waals surface area (Å²) >= 11 is 5.11. The molecule has 6 heteroatoms. The highest BCUT2D eigenvalue weighted by molar-refractivity contribution is 6.17. The predicted molar refractivity (Wildman–Crippen MR) is 53.6 cm³/mol. The van der Waals surface area contributed by atoms with Gasteiger partial charge in [0.15, 0.2) is 6.07 Å². The molecule has 0 bridgehead atoms. The second-order valence-electron chi connectivity index (χ2n) is 3.69. The normalized spacial score (nSPS) is 10.7. The van der Waals surface area contributed by atoms with Crippen LogP contribution in [-0.2, 0) is 19.0 Å². The smallest absolute Gasteiger partial charge is 0.460 e. The van der Waals surface area contributed by atoms with Gasteiger partial charge in [-0.1, -0.05) is 11.6 Å². The molecule has 0 amide bonds. The van der Waals surface area contributed by atoms with Crippen LogP contribution in [0.4, 0.5) is 4.79 Å². The highest BCUT2D eigenvalue weighted by atomic mass is 35.5. The van der Waals surface area contributed by atoms with Crippen LogP contribution in [0.15, 0.2) is 0 Å². The van der Waals surface area contributed by atoms with Crippen molar-refractivity contribution in [3.63, 3.8) is 0 Å². The summed E-state index contributed by atoms with van der Waals surface area (Å²) < 4.78 is 13.8. The summed E-state index contributed by atoms with van der Waals surface area (Å²) in [4.78, 5) is 21.7. The van der Waals surface area contributed by atoms with Gasteiger partial charge in [0.1, 0.15) is 12.2 Å². The average molecular weight is 239 g/mol. The minimum absolute atomic E-state index is 0.00530. The van der Waals surface area contributed by atoms with Crippen molar-refractivity contribution in [1.82, 2.24) is 0 Å². The fourth-order valence-electron chi connectivity index (χ4n) is 0.696. The minimum Gasteiger partial charge on any atom is -0.460 e. The lowest BCUT2D eigenvalue weighted by Gasteiger charge is -2.19. The monoisotopic (exact) mass is 238 g/mol. The second-order valence-corrected chi connectivity index (χ2v) is 3.91. The first kappa shape index (κ1) is 14.0. The van der Waals surface area contributed by atoms with Crippen LogP contribution in [0.1, 0.15) is 27.2 Å². The standard InChI is InChI=1S/C9H15ClO5/c1-9(2,3)15-7(11)4-5-13-8(12)14-6-10/h4-6H2,1-3H3. The number of carbonyl (C=O) groups is 2. The van der Waals surface area contributed by atoms with E-state index in [-0.39, 0.29) is 19.1 Å². The van der Waals surface area contributed by atoms with Crippen LogP contribution >= 0.6 is 11.6 Å². The number of carbonyl (C=O) groups excluding carboxylic acids is 2. The van der Waals surface area contributed by atoms with Gasteiger partial charge in [0, 0.05) is 0 Å². The van der Waals surface area contributed by atoms with E-state index in [0.29, 0.717) is 0 Å². The van der Waals surface area contributed by atoms with Crippen LogP contribution in [-0.4, -0.2) is 30.4 Å². The Kier molecular flexibility index (Phi) is 6.08. The van der Waals surface area contributed by atoms with Crippen LogP contribution < -0.4 is 0 Å².